The molecule has 0 aromatic heterocycles. The molecule has 180 valence electrons. The van der Waals surface area contributed by atoms with Gasteiger partial charge in [0.15, 0.2) is 0 Å². The number of nitrogens with zero attached hydrogens (tertiary/aromatic N) is 1. The van der Waals surface area contributed by atoms with Crippen molar-refractivity contribution >= 4 is 17.5 Å². The van der Waals surface area contributed by atoms with Crippen LogP contribution < -0.4 is 10.6 Å². The molecule has 0 spiro atoms. The van der Waals surface area contributed by atoms with Gasteiger partial charge in [-0.25, -0.2) is 0 Å². The predicted octanol–water partition coefficient (Wildman–Crippen LogP) is 3.59. The van der Waals surface area contributed by atoms with Gasteiger partial charge in [0.2, 0.25) is 5.91 Å². The molecule has 31 heavy (non-hydrogen) atoms. The third-order valence-electron chi connectivity index (χ3n) is 8.79. The van der Waals surface area contributed by atoms with E-state index in [-0.39, 0.29) is 11.5 Å². The van der Waals surface area contributed by atoms with Crippen LogP contribution in [-0.4, -0.2) is 59.9 Å². The number of amides is 1. The van der Waals surface area contributed by atoms with E-state index in [0.29, 0.717) is 17.2 Å². The van der Waals surface area contributed by atoms with Gasteiger partial charge in [0.05, 0.1) is 6.04 Å². The number of alkyl halides is 1. The second kappa shape index (κ2) is 11.7. The van der Waals surface area contributed by atoms with Crippen molar-refractivity contribution in [3.63, 3.8) is 0 Å². The van der Waals surface area contributed by atoms with Crippen LogP contribution in [0.3, 0.4) is 0 Å². The Morgan fingerprint density at radius 2 is 1.65 bits per heavy atom. The summed E-state index contributed by atoms with van der Waals surface area (Å²) in [7, 11) is 0. The first kappa shape index (κ1) is 25.3. The normalized spacial score (nSPS) is 35.5. The first-order valence-corrected chi connectivity index (χ1v) is 13.3. The fraction of sp³-hybridized carbons (Fsp3) is 0.960. The minimum Gasteiger partial charge on any atom is -0.412 e. The van der Waals surface area contributed by atoms with Crippen LogP contribution in [0.15, 0.2) is 0 Å². The second-order valence-corrected chi connectivity index (χ2v) is 11.7. The molecule has 4 atom stereocenters. The molecule has 4 rings (SSSR count). The van der Waals surface area contributed by atoms with Crippen LogP contribution in [0.4, 0.5) is 0 Å². The van der Waals surface area contributed by atoms with Gasteiger partial charge < -0.3 is 21.0 Å². The lowest BCUT2D eigenvalue weighted by Gasteiger charge is -2.40. The Labute approximate surface area is 194 Å². The van der Waals surface area contributed by atoms with Gasteiger partial charge in [-0.05, 0) is 107 Å². The average Bonchev–Trinajstić information content (AvgIpc) is 3.22. The molecule has 0 bridgehead atoms. The standard InChI is InChI=1S/C25H44ClN3O.H2O/c1-17(2)24(28-16-18-3-8-23-21(15-18)9-12-27-23)25(30)29-13-10-20(11-14-29)19-4-6-22(26)7-5-19;/h17-24,27-28H,3-16H2,1-2H3;1H2/t18?,19?,21?,22?,23?,24-;/m1./s1. The van der Waals surface area contributed by atoms with Gasteiger partial charge in [0, 0.05) is 24.5 Å². The van der Waals surface area contributed by atoms with Crippen molar-refractivity contribution in [2.75, 3.05) is 26.2 Å². The third kappa shape index (κ3) is 6.37. The quantitative estimate of drug-likeness (QED) is 0.601. The van der Waals surface area contributed by atoms with Crippen molar-refractivity contribution < 1.29 is 10.3 Å². The number of fused-ring (bicyclic) bond motifs is 1. The van der Waals surface area contributed by atoms with E-state index in [1.807, 2.05) is 0 Å². The van der Waals surface area contributed by atoms with Gasteiger partial charge in [0.1, 0.15) is 0 Å². The minimum absolute atomic E-state index is 0. The zero-order valence-corrected chi connectivity index (χ0v) is 20.5. The molecule has 4 N–H and O–H groups in total. The van der Waals surface area contributed by atoms with E-state index >= 15 is 0 Å². The monoisotopic (exact) mass is 455 g/mol. The Morgan fingerprint density at radius 3 is 2.32 bits per heavy atom. The van der Waals surface area contributed by atoms with Crippen LogP contribution in [0.2, 0.25) is 0 Å². The highest BCUT2D eigenvalue weighted by Crippen LogP contribution is 2.37. The lowest BCUT2D eigenvalue weighted by atomic mass is 9.75. The highest BCUT2D eigenvalue weighted by molar-refractivity contribution is 6.20. The molecular formula is C25H46ClN3O2. The number of hydrogen-bond acceptors (Lipinski definition) is 3. The Balaban J connectivity index is 0.00000272. The summed E-state index contributed by atoms with van der Waals surface area (Å²) in [5, 5.41) is 7.79. The van der Waals surface area contributed by atoms with E-state index in [9.17, 15) is 4.79 Å². The Bertz CT molecular complexity index is 559. The summed E-state index contributed by atoms with van der Waals surface area (Å²) in [6.45, 7) is 8.51. The molecule has 4 aliphatic rings. The molecule has 4 fully saturated rings. The number of carbonyl (C=O) groups is 1. The molecule has 2 aliphatic carbocycles. The Kier molecular flexibility index (Phi) is 9.51. The van der Waals surface area contributed by atoms with Gasteiger partial charge in [-0.15, -0.1) is 11.6 Å². The number of hydrogen-bond donors (Lipinski definition) is 2. The van der Waals surface area contributed by atoms with Crippen molar-refractivity contribution in [3.05, 3.63) is 0 Å². The number of piperidine rings is 1. The zero-order valence-electron chi connectivity index (χ0n) is 19.8. The van der Waals surface area contributed by atoms with E-state index in [4.69, 9.17) is 11.6 Å². The maximum Gasteiger partial charge on any atom is 0.239 e. The van der Waals surface area contributed by atoms with Crippen molar-refractivity contribution in [2.24, 2.45) is 29.6 Å². The maximum absolute atomic E-state index is 13.4. The average molecular weight is 456 g/mol. The van der Waals surface area contributed by atoms with E-state index in [2.05, 4.69) is 29.4 Å². The molecule has 0 aromatic rings. The highest BCUT2D eigenvalue weighted by atomic mass is 35.5. The second-order valence-electron chi connectivity index (χ2n) is 11.1. The van der Waals surface area contributed by atoms with E-state index in [1.54, 1.807) is 0 Å². The molecule has 0 aromatic carbocycles. The lowest BCUT2D eigenvalue weighted by molar-refractivity contribution is -0.136. The lowest BCUT2D eigenvalue weighted by Crippen LogP contribution is -2.53. The summed E-state index contributed by atoms with van der Waals surface area (Å²) in [4.78, 5) is 15.5. The Hall–Kier alpha value is -0.360. The summed E-state index contributed by atoms with van der Waals surface area (Å²) in [5.41, 5.74) is 0. The van der Waals surface area contributed by atoms with Gasteiger partial charge in [-0.3, -0.25) is 4.79 Å². The predicted molar refractivity (Wildman–Crippen MR) is 128 cm³/mol. The highest BCUT2D eigenvalue weighted by Gasteiger charge is 2.36. The molecule has 2 saturated carbocycles. The smallest absolute Gasteiger partial charge is 0.239 e. The maximum atomic E-state index is 13.4. The molecule has 2 aliphatic heterocycles. The third-order valence-corrected chi connectivity index (χ3v) is 9.23. The van der Waals surface area contributed by atoms with Crippen molar-refractivity contribution in [2.45, 2.75) is 95.5 Å². The fourth-order valence-corrected chi connectivity index (χ4v) is 7.08. The van der Waals surface area contributed by atoms with E-state index < -0.39 is 0 Å². The molecular weight excluding hydrogens is 410 g/mol. The molecule has 0 radical (unpaired) electrons. The largest absolute Gasteiger partial charge is 0.412 e. The van der Waals surface area contributed by atoms with Crippen LogP contribution in [0.25, 0.3) is 0 Å². The van der Waals surface area contributed by atoms with Crippen LogP contribution in [0.1, 0.15) is 78.1 Å². The van der Waals surface area contributed by atoms with Crippen LogP contribution in [0, 0.1) is 29.6 Å². The van der Waals surface area contributed by atoms with E-state index in [0.717, 1.165) is 49.3 Å². The summed E-state index contributed by atoms with van der Waals surface area (Å²) in [6.07, 6.45) is 12.6. The van der Waals surface area contributed by atoms with Gasteiger partial charge >= 0.3 is 0 Å². The molecule has 6 heteroatoms. The topological polar surface area (TPSA) is 75.9 Å². The number of rotatable bonds is 6. The van der Waals surface area contributed by atoms with Crippen molar-refractivity contribution in [3.8, 4) is 0 Å². The van der Waals surface area contributed by atoms with Crippen molar-refractivity contribution in [1.29, 1.82) is 0 Å². The molecule has 2 saturated heterocycles. The number of nitrogens with one attached hydrogen (secondary N) is 2. The molecule has 5 nitrogen and oxygen atoms in total. The van der Waals surface area contributed by atoms with Gasteiger partial charge in [0.25, 0.3) is 0 Å². The number of carbonyl (C=O) groups excluding carboxylic acids is 1. The first-order valence-electron chi connectivity index (χ1n) is 12.9. The number of halogens is 1. The zero-order chi connectivity index (χ0) is 21.1. The minimum atomic E-state index is -0.0207. The summed E-state index contributed by atoms with van der Waals surface area (Å²) >= 11 is 6.30. The fourth-order valence-electron chi connectivity index (χ4n) is 6.83. The number of likely N-dealkylation sites (tertiary alicyclic amines) is 1. The first-order chi connectivity index (χ1) is 14.5. The summed E-state index contributed by atoms with van der Waals surface area (Å²) in [5.74, 6) is 3.95. The van der Waals surface area contributed by atoms with Crippen LogP contribution in [0.5, 0.6) is 0 Å². The SMILES string of the molecule is CC(C)[C@@H](NCC1CCC2NCCC2C1)C(=O)N1CCC(C2CCC(Cl)CC2)CC1.O. The van der Waals surface area contributed by atoms with Crippen LogP contribution >= 0.6 is 11.6 Å². The Morgan fingerprint density at radius 1 is 0.968 bits per heavy atom. The molecule has 3 unspecified atom stereocenters. The molecule has 2 heterocycles. The van der Waals surface area contributed by atoms with E-state index in [1.165, 1.54) is 70.8 Å². The van der Waals surface area contributed by atoms with Crippen LogP contribution in [-0.2, 0) is 4.79 Å². The van der Waals surface area contributed by atoms with Crippen molar-refractivity contribution in [1.82, 2.24) is 15.5 Å². The van der Waals surface area contributed by atoms with Gasteiger partial charge in [-0.1, -0.05) is 13.8 Å². The molecule has 1 amide bonds. The van der Waals surface area contributed by atoms with Gasteiger partial charge in [-0.2, -0.15) is 0 Å². The summed E-state index contributed by atoms with van der Waals surface area (Å²) in [6, 6.07) is 0.747. The summed E-state index contributed by atoms with van der Waals surface area (Å²) < 4.78 is 0.